The summed E-state index contributed by atoms with van der Waals surface area (Å²) in [5.41, 5.74) is 1.34. The van der Waals surface area contributed by atoms with Crippen molar-refractivity contribution in [3.63, 3.8) is 0 Å². The SMILES string of the molecule is CCCC(=O)NCCSCc1ccccc1. The average molecular weight is 237 g/mol. The zero-order chi connectivity index (χ0) is 11.6. The van der Waals surface area contributed by atoms with Gasteiger partial charge in [-0.1, -0.05) is 37.3 Å². The van der Waals surface area contributed by atoms with Crippen molar-refractivity contribution in [1.82, 2.24) is 5.32 Å². The molecule has 1 aromatic rings. The molecule has 0 bridgehead atoms. The van der Waals surface area contributed by atoms with E-state index < -0.39 is 0 Å². The minimum absolute atomic E-state index is 0.169. The third kappa shape index (κ3) is 5.81. The Morgan fingerprint density at radius 2 is 2.06 bits per heavy atom. The third-order valence-corrected chi connectivity index (χ3v) is 3.19. The van der Waals surface area contributed by atoms with E-state index in [0.29, 0.717) is 6.42 Å². The molecule has 1 aromatic carbocycles. The first-order chi connectivity index (χ1) is 7.83. The zero-order valence-corrected chi connectivity index (χ0v) is 10.6. The van der Waals surface area contributed by atoms with Crippen molar-refractivity contribution in [3.8, 4) is 0 Å². The number of amides is 1. The van der Waals surface area contributed by atoms with Crippen LogP contribution in [0.25, 0.3) is 0 Å². The van der Waals surface area contributed by atoms with E-state index in [0.717, 1.165) is 24.5 Å². The van der Waals surface area contributed by atoms with Gasteiger partial charge in [0.25, 0.3) is 0 Å². The van der Waals surface area contributed by atoms with Gasteiger partial charge in [-0.05, 0) is 12.0 Å². The van der Waals surface area contributed by atoms with Crippen LogP contribution in [-0.4, -0.2) is 18.2 Å². The summed E-state index contributed by atoms with van der Waals surface area (Å²) in [5, 5.41) is 2.91. The highest BCUT2D eigenvalue weighted by atomic mass is 32.2. The van der Waals surface area contributed by atoms with E-state index in [4.69, 9.17) is 0 Å². The summed E-state index contributed by atoms with van der Waals surface area (Å²) in [6.07, 6.45) is 1.56. The topological polar surface area (TPSA) is 29.1 Å². The summed E-state index contributed by atoms with van der Waals surface area (Å²) in [4.78, 5) is 11.2. The lowest BCUT2D eigenvalue weighted by Gasteiger charge is -2.04. The Morgan fingerprint density at radius 3 is 2.75 bits per heavy atom. The molecule has 1 amide bonds. The van der Waals surface area contributed by atoms with Crippen LogP contribution in [0.15, 0.2) is 30.3 Å². The normalized spacial score (nSPS) is 10.1. The summed E-state index contributed by atoms with van der Waals surface area (Å²) >= 11 is 1.85. The van der Waals surface area contributed by atoms with Crippen molar-refractivity contribution in [1.29, 1.82) is 0 Å². The minimum Gasteiger partial charge on any atom is -0.355 e. The van der Waals surface area contributed by atoms with Gasteiger partial charge >= 0.3 is 0 Å². The molecular formula is C13H19NOS. The highest BCUT2D eigenvalue weighted by Gasteiger charge is 1.97. The maximum atomic E-state index is 11.2. The predicted octanol–water partition coefficient (Wildman–Crippen LogP) is 2.84. The van der Waals surface area contributed by atoms with Crippen LogP contribution in [0.3, 0.4) is 0 Å². The molecule has 0 saturated carbocycles. The number of hydrogen-bond donors (Lipinski definition) is 1. The maximum Gasteiger partial charge on any atom is 0.220 e. The summed E-state index contributed by atoms with van der Waals surface area (Å²) in [6, 6.07) is 10.4. The first kappa shape index (κ1) is 13.1. The Morgan fingerprint density at radius 1 is 1.31 bits per heavy atom. The number of nitrogens with one attached hydrogen (secondary N) is 1. The van der Waals surface area contributed by atoms with Crippen LogP contribution in [0.1, 0.15) is 25.3 Å². The van der Waals surface area contributed by atoms with Gasteiger partial charge in [0.05, 0.1) is 0 Å². The molecule has 88 valence electrons. The molecule has 0 aliphatic rings. The van der Waals surface area contributed by atoms with Gasteiger partial charge in [0.1, 0.15) is 0 Å². The van der Waals surface area contributed by atoms with E-state index >= 15 is 0 Å². The van der Waals surface area contributed by atoms with Crippen molar-refractivity contribution >= 4 is 17.7 Å². The van der Waals surface area contributed by atoms with Crippen molar-refractivity contribution < 1.29 is 4.79 Å². The molecule has 0 atom stereocenters. The fraction of sp³-hybridized carbons (Fsp3) is 0.462. The molecule has 1 N–H and O–H groups in total. The van der Waals surface area contributed by atoms with Crippen LogP contribution in [0, 0.1) is 0 Å². The standard InChI is InChI=1S/C13H19NOS/c1-2-6-13(15)14-9-10-16-11-12-7-4-3-5-8-12/h3-5,7-8H,2,6,9-11H2,1H3,(H,14,15). The summed E-state index contributed by atoms with van der Waals surface area (Å²) in [5.74, 6) is 2.16. The quantitative estimate of drug-likeness (QED) is 0.739. The highest BCUT2D eigenvalue weighted by molar-refractivity contribution is 7.98. The van der Waals surface area contributed by atoms with Gasteiger partial charge in [-0.25, -0.2) is 0 Å². The average Bonchev–Trinajstić information content (AvgIpc) is 2.30. The fourth-order valence-electron chi connectivity index (χ4n) is 1.34. The van der Waals surface area contributed by atoms with Gasteiger partial charge in [-0.2, -0.15) is 11.8 Å². The van der Waals surface area contributed by atoms with E-state index in [1.54, 1.807) is 0 Å². The smallest absolute Gasteiger partial charge is 0.220 e. The molecule has 0 fully saturated rings. The first-order valence-corrected chi connectivity index (χ1v) is 6.86. The van der Waals surface area contributed by atoms with Crippen molar-refractivity contribution in [2.75, 3.05) is 12.3 Å². The molecule has 0 unspecified atom stereocenters. The molecule has 0 heterocycles. The number of benzene rings is 1. The number of thioether (sulfide) groups is 1. The lowest BCUT2D eigenvalue weighted by molar-refractivity contribution is -0.120. The summed E-state index contributed by atoms with van der Waals surface area (Å²) in [7, 11) is 0. The monoisotopic (exact) mass is 237 g/mol. The van der Waals surface area contributed by atoms with Crippen LogP contribution >= 0.6 is 11.8 Å². The van der Waals surface area contributed by atoms with Gasteiger partial charge < -0.3 is 5.32 Å². The van der Waals surface area contributed by atoms with Crippen LogP contribution in [-0.2, 0) is 10.5 Å². The van der Waals surface area contributed by atoms with Crippen molar-refractivity contribution in [2.24, 2.45) is 0 Å². The molecular weight excluding hydrogens is 218 g/mol. The van der Waals surface area contributed by atoms with Crippen molar-refractivity contribution in [3.05, 3.63) is 35.9 Å². The van der Waals surface area contributed by atoms with Gasteiger partial charge in [0.15, 0.2) is 0 Å². The Balaban J connectivity index is 2.02. The second kappa shape index (κ2) is 8.22. The molecule has 0 radical (unpaired) electrons. The van der Waals surface area contributed by atoms with Crippen LogP contribution in [0.4, 0.5) is 0 Å². The number of carbonyl (C=O) groups excluding carboxylic acids is 1. The van der Waals surface area contributed by atoms with Crippen LogP contribution < -0.4 is 5.32 Å². The fourth-order valence-corrected chi connectivity index (χ4v) is 2.16. The molecule has 0 saturated heterocycles. The van der Waals surface area contributed by atoms with E-state index in [1.807, 2.05) is 24.8 Å². The maximum absolute atomic E-state index is 11.2. The van der Waals surface area contributed by atoms with Gasteiger partial charge in [0.2, 0.25) is 5.91 Å². The number of carbonyl (C=O) groups is 1. The van der Waals surface area contributed by atoms with E-state index in [2.05, 4.69) is 29.6 Å². The lowest BCUT2D eigenvalue weighted by Crippen LogP contribution is -2.25. The van der Waals surface area contributed by atoms with E-state index in [9.17, 15) is 4.79 Å². The van der Waals surface area contributed by atoms with Crippen LogP contribution in [0.5, 0.6) is 0 Å². The predicted molar refractivity (Wildman–Crippen MR) is 70.5 cm³/mol. The third-order valence-electron chi connectivity index (χ3n) is 2.16. The van der Waals surface area contributed by atoms with Gasteiger partial charge in [-0.15, -0.1) is 0 Å². The van der Waals surface area contributed by atoms with Crippen LogP contribution in [0.2, 0.25) is 0 Å². The Bertz CT molecular complexity index is 300. The largest absolute Gasteiger partial charge is 0.355 e. The van der Waals surface area contributed by atoms with E-state index in [1.165, 1.54) is 5.56 Å². The molecule has 0 aliphatic carbocycles. The van der Waals surface area contributed by atoms with E-state index in [-0.39, 0.29) is 5.91 Å². The molecule has 1 rings (SSSR count). The van der Waals surface area contributed by atoms with Crippen molar-refractivity contribution in [2.45, 2.75) is 25.5 Å². The zero-order valence-electron chi connectivity index (χ0n) is 9.74. The number of rotatable bonds is 7. The molecule has 3 heteroatoms. The second-order valence-electron chi connectivity index (χ2n) is 3.64. The molecule has 0 spiro atoms. The summed E-state index contributed by atoms with van der Waals surface area (Å²) in [6.45, 7) is 2.79. The Hall–Kier alpha value is -0.960. The molecule has 0 aliphatic heterocycles. The molecule has 0 aromatic heterocycles. The minimum atomic E-state index is 0.169. The first-order valence-electron chi connectivity index (χ1n) is 5.71. The second-order valence-corrected chi connectivity index (χ2v) is 4.74. The van der Waals surface area contributed by atoms with Gasteiger partial charge in [-0.3, -0.25) is 4.79 Å². The summed E-state index contributed by atoms with van der Waals surface area (Å²) < 4.78 is 0. The molecule has 16 heavy (non-hydrogen) atoms. The number of hydrogen-bond acceptors (Lipinski definition) is 2. The lowest BCUT2D eigenvalue weighted by atomic mass is 10.2. The Kier molecular flexibility index (Phi) is 6.74. The molecule has 2 nitrogen and oxygen atoms in total. The Labute approximate surface area is 102 Å². The highest BCUT2D eigenvalue weighted by Crippen LogP contribution is 2.10. The van der Waals surface area contributed by atoms with Gasteiger partial charge in [0, 0.05) is 24.5 Å².